The Morgan fingerprint density at radius 2 is 2.00 bits per heavy atom. The van der Waals surface area contributed by atoms with E-state index in [1.54, 1.807) is 0 Å². The van der Waals surface area contributed by atoms with Crippen LogP contribution in [0.1, 0.15) is 39.0 Å². The second-order valence-corrected chi connectivity index (χ2v) is 2.70. The van der Waals surface area contributed by atoms with Gasteiger partial charge in [0.05, 0.1) is 6.61 Å². The third-order valence-electron chi connectivity index (χ3n) is 1.66. The van der Waals surface area contributed by atoms with Crippen molar-refractivity contribution < 1.29 is 9.53 Å². The molecule has 0 aliphatic rings. The summed E-state index contributed by atoms with van der Waals surface area (Å²) in [6.45, 7) is 3.97. The molecule has 0 aliphatic carbocycles. The zero-order valence-electron chi connectivity index (χ0n) is 7.71. The van der Waals surface area contributed by atoms with Crippen molar-refractivity contribution in [2.75, 3.05) is 6.61 Å². The third-order valence-corrected chi connectivity index (χ3v) is 1.66. The fraction of sp³-hybridized carbons (Fsp3) is 0.700. The van der Waals surface area contributed by atoms with Crippen molar-refractivity contribution in [2.45, 2.75) is 39.0 Å². The van der Waals surface area contributed by atoms with E-state index in [9.17, 15) is 4.79 Å². The molecule has 0 unspecified atom stereocenters. The summed E-state index contributed by atoms with van der Waals surface area (Å²) in [5, 5.41) is 0. The highest BCUT2D eigenvalue weighted by Gasteiger charge is 1.88. The molecule has 0 bridgehead atoms. The van der Waals surface area contributed by atoms with Gasteiger partial charge in [0.1, 0.15) is 0 Å². The molecule has 0 rings (SSSR count). The molecule has 0 heterocycles. The van der Waals surface area contributed by atoms with Crippen LogP contribution < -0.4 is 0 Å². The van der Waals surface area contributed by atoms with Crippen LogP contribution in [0.2, 0.25) is 0 Å². The molecule has 0 aromatic carbocycles. The van der Waals surface area contributed by atoms with E-state index in [-0.39, 0.29) is 0 Å². The van der Waals surface area contributed by atoms with Gasteiger partial charge in [0, 0.05) is 0 Å². The van der Waals surface area contributed by atoms with Crippen molar-refractivity contribution in [2.24, 2.45) is 0 Å². The van der Waals surface area contributed by atoms with Crippen LogP contribution in [0.15, 0.2) is 12.2 Å². The van der Waals surface area contributed by atoms with Crippen LogP contribution >= 0.6 is 0 Å². The average molecular weight is 169 g/mol. The second-order valence-electron chi connectivity index (χ2n) is 2.70. The van der Waals surface area contributed by atoms with Crippen molar-refractivity contribution in [1.82, 2.24) is 0 Å². The number of rotatable bonds is 8. The number of hydrogen-bond donors (Lipinski definition) is 0. The van der Waals surface area contributed by atoms with E-state index >= 15 is 0 Å². The standard InChI is InChI=1S/C10H17O2/c1-2-3-4-5-6-7-8-9-12-10-11/h2-3H,4-9H2,1H3/b3-2-. The Balaban J connectivity index is 2.86. The first-order valence-corrected chi connectivity index (χ1v) is 4.52. The summed E-state index contributed by atoms with van der Waals surface area (Å²) in [6.07, 6.45) is 9.96. The summed E-state index contributed by atoms with van der Waals surface area (Å²) in [5.41, 5.74) is 0. The van der Waals surface area contributed by atoms with Crippen molar-refractivity contribution in [3.8, 4) is 0 Å². The van der Waals surface area contributed by atoms with E-state index in [0.29, 0.717) is 6.61 Å². The Bertz CT molecular complexity index is 119. The average Bonchev–Trinajstić information content (AvgIpc) is 2.10. The number of ether oxygens (including phenoxy) is 1. The Morgan fingerprint density at radius 1 is 1.25 bits per heavy atom. The van der Waals surface area contributed by atoms with Crippen LogP contribution in [0.5, 0.6) is 0 Å². The fourth-order valence-corrected chi connectivity index (χ4v) is 0.998. The van der Waals surface area contributed by atoms with Crippen molar-refractivity contribution in [3.05, 3.63) is 12.2 Å². The molecule has 0 spiro atoms. The molecular formula is C10H17O2. The number of unbranched alkanes of at least 4 members (excludes halogenated alkanes) is 4. The van der Waals surface area contributed by atoms with Gasteiger partial charge in [0.25, 0.3) is 0 Å². The minimum absolute atomic E-state index is 0.521. The van der Waals surface area contributed by atoms with Gasteiger partial charge in [-0.25, -0.2) is 4.79 Å². The number of allylic oxidation sites excluding steroid dienone is 2. The highest BCUT2D eigenvalue weighted by Crippen LogP contribution is 2.03. The molecule has 0 atom stereocenters. The van der Waals surface area contributed by atoms with E-state index < -0.39 is 0 Å². The molecule has 1 radical (unpaired) electrons. The van der Waals surface area contributed by atoms with E-state index in [1.807, 2.05) is 6.92 Å². The molecule has 0 fully saturated rings. The van der Waals surface area contributed by atoms with Crippen LogP contribution in [0, 0.1) is 0 Å². The molecule has 0 aromatic heterocycles. The first-order valence-electron chi connectivity index (χ1n) is 4.52. The first-order chi connectivity index (χ1) is 5.91. The zero-order valence-corrected chi connectivity index (χ0v) is 7.71. The maximum Gasteiger partial charge on any atom is 0.417 e. The number of hydrogen-bond acceptors (Lipinski definition) is 2. The summed E-state index contributed by atoms with van der Waals surface area (Å²) in [7, 11) is 0. The molecule has 0 N–H and O–H groups in total. The minimum Gasteiger partial charge on any atom is -0.457 e. The maximum atomic E-state index is 9.62. The lowest BCUT2D eigenvalue weighted by molar-refractivity contribution is 0.269. The normalized spacial score (nSPS) is 10.4. The monoisotopic (exact) mass is 169 g/mol. The largest absolute Gasteiger partial charge is 0.457 e. The summed E-state index contributed by atoms with van der Waals surface area (Å²) in [6, 6.07) is 0. The topological polar surface area (TPSA) is 26.3 Å². The predicted molar refractivity (Wildman–Crippen MR) is 49.5 cm³/mol. The molecule has 0 saturated carbocycles. The molecule has 69 valence electrons. The molecular weight excluding hydrogens is 152 g/mol. The predicted octanol–water partition coefficient (Wildman–Crippen LogP) is 2.60. The van der Waals surface area contributed by atoms with Crippen molar-refractivity contribution in [3.63, 3.8) is 0 Å². The summed E-state index contributed by atoms with van der Waals surface area (Å²) in [5.74, 6) is 0. The van der Waals surface area contributed by atoms with E-state index in [0.717, 1.165) is 19.3 Å². The quantitative estimate of drug-likeness (QED) is 0.412. The molecule has 0 amide bonds. The Kier molecular flexibility index (Phi) is 9.54. The smallest absolute Gasteiger partial charge is 0.417 e. The van der Waals surface area contributed by atoms with Gasteiger partial charge >= 0.3 is 6.47 Å². The highest BCUT2D eigenvalue weighted by atomic mass is 16.5. The van der Waals surface area contributed by atoms with E-state index in [1.165, 1.54) is 19.3 Å². The van der Waals surface area contributed by atoms with Gasteiger partial charge < -0.3 is 4.74 Å². The van der Waals surface area contributed by atoms with Crippen LogP contribution in [0.25, 0.3) is 0 Å². The molecule has 0 aromatic rings. The van der Waals surface area contributed by atoms with Crippen LogP contribution in [-0.2, 0) is 9.53 Å². The summed E-state index contributed by atoms with van der Waals surface area (Å²) >= 11 is 0. The van der Waals surface area contributed by atoms with E-state index in [4.69, 9.17) is 0 Å². The second kappa shape index (κ2) is 10.2. The van der Waals surface area contributed by atoms with Gasteiger partial charge in [0.2, 0.25) is 0 Å². The number of carbonyl (C=O) groups excluding carboxylic acids is 1. The van der Waals surface area contributed by atoms with Crippen LogP contribution in [0.3, 0.4) is 0 Å². The lowest BCUT2D eigenvalue weighted by Crippen LogP contribution is -1.90. The van der Waals surface area contributed by atoms with Crippen molar-refractivity contribution >= 4 is 6.47 Å². The fourth-order valence-electron chi connectivity index (χ4n) is 0.998. The van der Waals surface area contributed by atoms with Crippen molar-refractivity contribution in [1.29, 1.82) is 0 Å². The van der Waals surface area contributed by atoms with Gasteiger partial charge in [-0.05, 0) is 26.2 Å². The Hall–Kier alpha value is -0.790. The minimum atomic E-state index is 0.521. The van der Waals surface area contributed by atoms with Crippen LogP contribution in [0.4, 0.5) is 0 Å². The highest BCUT2D eigenvalue weighted by molar-refractivity contribution is 5.37. The van der Waals surface area contributed by atoms with Gasteiger partial charge in [0.15, 0.2) is 0 Å². The van der Waals surface area contributed by atoms with Crippen LogP contribution in [-0.4, -0.2) is 13.1 Å². The molecule has 0 saturated heterocycles. The molecule has 0 aliphatic heterocycles. The Morgan fingerprint density at radius 3 is 2.67 bits per heavy atom. The summed E-state index contributed by atoms with van der Waals surface area (Å²) < 4.78 is 4.44. The third kappa shape index (κ3) is 9.21. The molecule has 2 nitrogen and oxygen atoms in total. The lowest BCUT2D eigenvalue weighted by Gasteiger charge is -1.97. The Labute approximate surface area is 74.6 Å². The first kappa shape index (κ1) is 11.2. The molecule has 12 heavy (non-hydrogen) atoms. The van der Waals surface area contributed by atoms with Gasteiger partial charge in [-0.3, -0.25) is 0 Å². The van der Waals surface area contributed by atoms with Gasteiger partial charge in [-0.2, -0.15) is 0 Å². The zero-order chi connectivity index (χ0) is 9.07. The van der Waals surface area contributed by atoms with Gasteiger partial charge in [-0.15, -0.1) is 0 Å². The molecule has 2 heteroatoms. The SMILES string of the molecule is C/C=C\CCCCCCO[C]=O. The van der Waals surface area contributed by atoms with Gasteiger partial charge in [-0.1, -0.05) is 25.0 Å². The maximum absolute atomic E-state index is 9.62. The summed E-state index contributed by atoms with van der Waals surface area (Å²) in [4.78, 5) is 9.62. The lowest BCUT2D eigenvalue weighted by atomic mass is 10.1. The van der Waals surface area contributed by atoms with E-state index in [2.05, 4.69) is 16.9 Å².